The maximum absolute atomic E-state index is 12.6. The summed E-state index contributed by atoms with van der Waals surface area (Å²) in [5.74, 6) is 0.0723. The Morgan fingerprint density at radius 2 is 2.00 bits per heavy atom. The lowest BCUT2D eigenvalue weighted by atomic mass is 10.0. The van der Waals surface area contributed by atoms with Crippen molar-refractivity contribution in [3.05, 3.63) is 29.3 Å². The Hall–Kier alpha value is -1.51. The van der Waals surface area contributed by atoms with Gasteiger partial charge in [0, 0.05) is 17.8 Å². The molecule has 1 aromatic rings. The number of anilines is 1. The van der Waals surface area contributed by atoms with Crippen LogP contribution in [0.5, 0.6) is 0 Å². The van der Waals surface area contributed by atoms with E-state index in [0.717, 1.165) is 24.9 Å². The fourth-order valence-electron chi connectivity index (χ4n) is 2.39. The Bertz CT molecular complexity index is 446. The van der Waals surface area contributed by atoms with Crippen molar-refractivity contribution in [3.8, 4) is 0 Å². The van der Waals surface area contributed by atoms with Crippen LogP contribution in [-0.2, 0) is 6.42 Å². The van der Waals surface area contributed by atoms with Crippen molar-refractivity contribution in [2.24, 2.45) is 0 Å². The van der Waals surface area contributed by atoms with Crippen LogP contribution in [0.15, 0.2) is 18.2 Å². The fraction of sp³-hybridized carbons (Fsp3) is 0.500. The summed E-state index contributed by atoms with van der Waals surface area (Å²) < 4.78 is 0. The van der Waals surface area contributed by atoms with Gasteiger partial charge in [0.25, 0.3) is 5.91 Å². The van der Waals surface area contributed by atoms with E-state index in [9.17, 15) is 4.79 Å². The number of amides is 1. The Morgan fingerprint density at radius 1 is 1.29 bits per heavy atom. The van der Waals surface area contributed by atoms with E-state index in [1.165, 1.54) is 0 Å². The number of rotatable bonds is 0. The first kappa shape index (κ1) is 12.0. The quantitative estimate of drug-likeness (QED) is 0.698. The first-order valence-corrected chi connectivity index (χ1v) is 6.10. The summed E-state index contributed by atoms with van der Waals surface area (Å²) in [6, 6.07) is 5.74. The van der Waals surface area contributed by atoms with Crippen LogP contribution in [0.2, 0.25) is 0 Å². The Labute approximate surface area is 103 Å². The third-order valence-electron chi connectivity index (χ3n) is 3.28. The molecule has 92 valence electrons. The van der Waals surface area contributed by atoms with Crippen molar-refractivity contribution >= 4 is 11.6 Å². The fourth-order valence-corrected chi connectivity index (χ4v) is 2.39. The number of hydrogen-bond donors (Lipinski definition) is 1. The van der Waals surface area contributed by atoms with E-state index in [-0.39, 0.29) is 11.4 Å². The topological polar surface area (TPSA) is 46.3 Å². The Balaban J connectivity index is 2.50. The van der Waals surface area contributed by atoms with Crippen molar-refractivity contribution in [1.82, 2.24) is 4.90 Å². The summed E-state index contributed by atoms with van der Waals surface area (Å²) in [6.07, 6.45) is 1.93. The van der Waals surface area contributed by atoms with E-state index in [4.69, 9.17) is 5.73 Å². The minimum absolute atomic E-state index is 0.0723. The predicted octanol–water partition coefficient (Wildman–Crippen LogP) is 2.46. The molecular formula is C14H20N2O. The van der Waals surface area contributed by atoms with Crippen molar-refractivity contribution in [2.45, 2.75) is 39.2 Å². The number of carbonyl (C=O) groups is 1. The third-order valence-corrected chi connectivity index (χ3v) is 3.28. The molecule has 0 radical (unpaired) electrons. The highest BCUT2D eigenvalue weighted by atomic mass is 16.2. The lowest BCUT2D eigenvalue weighted by molar-refractivity contribution is 0.0591. The molecule has 1 aliphatic rings. The first-order valence-electron chi connectivity index (χ1n) is 6.10. The molecule has 2 rings (SSSR count). The highest BCUT2D eigenvalue weighted by molar-refractivity contribution is 6.01. The molecule has 17 heavy (non-hydrogen) atoms. The van der Waals surface area contributed by atoms with Crippen LogP contribution in [0.4, 0.5) is 5.69 Å². The number of fused-ring (bicyclic) bond motifs is 1. The highest BCUT2D eigenvalue weighted by Gasteiger charge is 2.31. The molecule has 3 nitrogen and oxygen atoms in total. The summed E-state index contributed by atoms with van der Waals surface area (Å²) in [5, 5.41) is 0. The molecule has 0 spiro atoms. The van der Waals surface area contributed by atoms with E-state index in [1.807, 2.05) is 23.1 Å². The van der Waals surface area contributed by atoms with Gasteiger partial charge in [-0.2, -0.15) is 0 Å². The van der Waals surface area contributed by atoms with Crippen LogP contribution in [0.3, 0.4) is 0 Å². The van der Waals surface area contributed by atoms with Gasteiger partial charge in [-0.1, -0.05) is 12.1 Å². The molecule has 0 aromatic heterocycles. The predicted molar refractivity (Wildman–Crippen MR) is 70.0 cm³/mol. The molecule has 0 unspecified atom stereocenters. The smallest absolute Gasteiger partial charge is 0.256 e. The van der Waals surface area contributed by atoms with Gasteiger partial charge in [0.15, 0.2) is 0 Å². The standard InChI is InChI=1S/C14H20N2O/c1-14(2,3)16-9-5-7-10-6-4-8-11(15)12(10)13(16)17/h4,6,8H,5,7,9,15H2,1-3H3. The number of nitrogens with two attached hydrogens (primary N) is 1. The van der Waals surface area contributed by atoms with Crippen molar-refractivity contribution < 1.29 is 4.79 Å². The molecule has 0 saturated carbocycles. The van der Waals surface area contributed by atoms with Gasteiger partial charge in [0.2, 0.25) is 0 Å². The SMILES string of the molecule is CC(C)(C)N1CCCc2cccc(N)c2C1=O. The van der Waals surface area contributed by atoms with E-state index in [1.54, 1.807) is 0 Å². The molecule has 0 aliphatic carbocycles. The van der Waals surface area contributed by atoms with E-state index < -0.39 is 0 Å². The maximum atomic E-state index is 12.6. The summed E-state index contributed by atoms with van der Waals surface area (Å²) >= 11 is 0. The lowest BCUT2D eigenvalue weighted by Crippen LogP contribution is -2.45. The largest absolute Gasteiger partial charge is 0.398 e. The van der Waals surface area contributed by atoms with Gasteiger partial charge < -0.3 is 10.6 Å². The molecule has 2 N–H and O–H groups in total. The number of benzene rings is 1. The number of nitrogen functional groups attached to an aromatic ring is 1. The van der Waals surface area contributed by atoms with Gasteiger partial charge in [0.1, 0.15) is 0 Å². The molecule has 1 aromatic carbocycles. The molecule has 0 atom stereocenters. The zero-order chi connectivity index (χ0) is 12.6. The number of hydrogen-bond acceptors (Lipinski definition) is 2. The van der Waals surface area contributed by atoms with Crippen molar-refractivity contribution in [3.63, 3.8) is 0 Å². The molecule has 1 amide bonds. The van der Waals surface area contributed by atoms with E-state index in [2.05, 4.69) is 20.8 Å². The van der Waals surface area contributed by atoms with Gasteiger partial charge in [-0.05, 0) is 45.2 Å². The zero-order valence-electron chi connectivity index (χ0n) is 10.8. The lowest BCUT2D eigenvalue weighted by Gasteiger charge is -2.35. The summed E-state index contributed by atoms with van der Waals surface area (Å²) in [6.45, 7) is 7.00. The molecule has 0 saturated heterocycles. The second-order valence-corrected chi connectivity index (χ2v) is 5.61. The van der Waals surface area contributed by atoms with Crippen molar-refractivity contribution in [2.75, 3.05) is 12.3 Å². The minimum Gasteiger partial charge on any atom is -0.398 e. The number of nitrogens with zero attached hydrogens (tertiary/aromatic N) is 1. The molecular weight excluding hydrogens is 212 g/mol. The third kappa shape index (κ3) is 2.14. The highest BCUT2D eigenvalue weighted by Crippen LogP contribution is 2.27. The number of carbonyl (C=O) groups excluding carboxylic acids is 1. The van der Waals surface area contributed by atoms with Crippen LogP contribution in [0.25, 0.3) is 0 Å². The monoisotopic (exact) mass is 232 g/mol. The summed E-state index contributed by atoms with van der Waals surface area (Å²) in [5.41, 5.74) is 8.20. The summed E-state index contributed by atoms with van der Waals surface area (Å²) in [4.78, 5) is 14.5. The van der Waals surface area contributed by atoms with Crippen LogP contribution in [-0.4, -0.2) is 22.9 Å². The van der Waals surface area contributed by atoms with E-state index >= 15 is 0 Å². The Morgan fingerprint density at radius 3 is 2.65 bits per heavy atom. The second kappa shape index (κ2) is 4.06. The average Bonchev–Trinajstić information content (AvgIpc) is 2.38. The molecule has 1 heterocycles. The van der Waals surface area contributed by atoms with Crippen LogP contribution >= 0.6 is 0 Å². The van der Waals surface area contributed by atoms with Gasteiger partial charge in [-0.15, -0.1) is 0 Å². The zero-order valence-corrected chi connectivity index (χ0v) is 10.8. The Kier molecular flexibility index (Phi) is 2.86. The average molecular weight is 232 g/mol. The van der Waals surface area contributed by atoms with Gasteiger partial charge in [0.05, 0.1) is 5.56 Å². The second-order valence-electron chi connectivity index (χ2n) is 5.61. The first-order chi connectivity index (χ1) is 7.91. The van der Waals surface area contributed by atoms with Crippen LogP contribution < -0.4 is 5.73 Å². The van der Waals surface area contributed by atoms with Crippen LogP contribution in [0, 0.1) is 0 Å². The molecule has 0 bridgehead atoms. The number of aryl methyl sites for hydroxylation is 1. The molecule has 3 heteroatoms. The molecule has 1 aliphatic heterocycles. The summed E-state index contributed by atoms with van der Waals surface area (Å²) in [7, 11) is 0. The molecule has 0 fully saturated rings. The van der Waals surface area contributed by atoms with Crippen LogP contribution in [0.1, 0.15) is 43.1 Å². The van der Waals surface area contributed by atoms with Gasteiger partial charge in [-0.3, -0.25) is 4.79 Å². The van der Waals surface area contributed by atoms with Crippen molar-refractivity contribution in [1.29, 1.82) is 0 Å². The maximum Gasteiger partial charge on any atom is 0.256 e. The van der Waals surface area contributed by atoms with Gasteiger partial charge in [-0.25, -0.2) is 0 Å². The minimum atomic E-state index is -0.152. The van der Waals surface area contributed by atoms with Gasteiger partial charge >= 0.3 is 0 Å². The van der Waals surface area contributed by atoms with E-state index in [0.29, 0.717) is 11.3 Å². The normalized spacial score (nSPS) is 16.6.